The van der Waals surface area contributed by atoms with E-state index in [1.807, 2.05) is 0 Å². The van der Waals surface area contributed by atoms with Gasteiger partial charge in [-0.15, -0.1) is 0 Å². The van der Waals surface area contributed by atoms with Crippen LogP contribution in [0.3, 0.4) is 0 Å². The first kappa shape index (κ1) is 22.3. The van der Waals surface area contributed by atoms with Crippen LogP contribution >= 0.6 is 0 Å². The zero-order valence-electron chi connectivity index (χ0n) is 17.4. The van der Waals surface area contributed by atoms with Crippen LogP contribution in [0.1, 0.15) is 22.8 Å². The fourth-order valence-electron chi connectivity index (χ4n) is 4.10. The van der Waals surface area contributed by atoms with Crippen LogP contribution in [0.5, 0.6) is 11.5 Å². The van der Waals surface area contributed by atoms with Gasteiger partial charge in [0.2, 0.25) is 0 Å². The first-order valence-electron chi connectivity index (χ1n) is 10.1. The summed E-state index contributed by atoms with van der Waals surface area (Å²) in [5.74, 6) is -0.101. The lowest BCUT2D eigenvalue weighted by atomic mass is 9.86. The molecule has 0 bridgehead atoms. The topological polar surface area (TPSA) is 161 Å². The standard InChI is InChI=1S/C23H24O9/c1-9-10(2)18(27)17-13(26)7-14(11-3-5-12(25)6-4-11)31-22(17)16(9)23-21(30)20(29)19(28)15(8-24)32-23/h3-7,15,19-21,23-25,27-30H,8H2,1-2H3/t15-,19+,20+,21-,23+/m0/s1. The van der Waals surface area contributed by atoms with E-state index < -0.39 is 42.6 Å². The van der Waals surface area contributed by atoms with Crippen molar-refractivity contribution in [2.24, 2.45) is 0 Å². The lowest BCUT2D eigenvalue weighted by Gasteiger charge is -2.40. The average Bonchev–Trinajstić information content (AvgIpc) is 2.77. The second kappa shape index (κ2) is 8.19. The molecule has 1 aromatic heterocycles. The summed E-state index contributed by atoms with van der Waals surface area (Å²) in [7, 11) is 0. The highest BCUT2D eigenvalue weighted by atomic mass is 16.5. The molecule has 0 unspecified atom stereocenters. The Morgan fingerprint density at radius 1 is 0.938 bits per heavy atom. The minimum atomic E-state index is -1.62. The Labute approximate surface area is 182 Å². The van der Waals surface area contributed by atoms with Crippen LogP contribution in [0.15, 0.2) is 39.5 Å². The summed E-state index contributed by atoms with van der Waals surface area (Å²) in [5.41, 5.74) is 0.912. The molecule has 0 radical (unpaired) electrons. The fourth-order valence-corrected chi connectivity index (χ4v) is 4.10. The maximum Gasteiger partial charge on any atom is 0.197 e. The molecule has 0 spiro atoms. The maximum absolute atomic E-state index is 13.0. The van der Waals surface area contributed by atoms with E-state index >= 15 is 0 Å². The van der Waals surface area contributed by atoms with Gasteiger partial charge in [0, 0.05) is 17.2 Å². The van der Waals surface area contributed by atoms with Crippen LogP contribution in [-0.2, 0) is 4.74 Å². The van der Waals surface area contributed by atoms with E-state index in [0.717, 1.165) is 0 Å². The number of aromatic hydroxyl groups is 2. The normalized spacial score (nSPS) is 25.9. The molecule has 0 aliphatic carbocycles. The van der Waals surface area contributed by atoms with E-state index in [2.05, 4.69) is 0 Å². The molecule has 32 heavy (non-hydrogen) atoms. The van der Waals surface area contributed by atoms with Crippen LogP contribution in [0.4, 0.5) is 0 Å². The molecular weight excluding hydrogens is 420 g/mol. The molecule has 2 heterocycles. The van der Waals surface area contributed by atoms with E-state index in [9.17, 15) is 35.4 Å². The minimum absolute atomic E-state index is 0.0306. The highest BCUT2D eigenvalue weighted by Crippen LogP contribution is 2.42. The summed E-state index contributed by atoms with van der Waals surface area (Å²) in [5, 5.41) is 60.7. The number of fused-ring (bicyclic) bond motifs is 1. The van der Waals surface area contributed by atoms with Gasteiger partial charge in [-0.05, 0) is 49.2 Å². The Kier molecular flexibility index (Phi) is 5.70. The van der Waals surface area contributed by atoms with Crippen LogP contribution < -0.4 is 5.43 Å². The van der Waals surface area contributed by atoms with Gasteiger partial charge in [0.05, 0.1) is 6.61 Å². The van der Waals surface area contributed by atoms with Crippen molar-refractivity contribution in [2.45, 2.75) is 44.4 Å². The number of phenolic OH excluding ortho intramolecular Hbond substituents is 2. The van der Waals surface area contributed by atoms with E-state index in [0.29, 0.717) is 16.7 Å². The maximum atomic E-state index is 13.0. The fraction of sp³-hybridized carbons (Fsp3) is 0.348. The molecule has 1 saturated heterocycles. The van der Waals surface area contributed by atoms with Crippen molar-refractivity contribution in [1.82, 2.24) is 0 Å². The summed E-state index contributed by atoms with van der Waals surface area (Å²) >= 11 is 0. The van der Waals surface area contributed by atoms with Crippen molar-refractivity contribution >= 4 is 11.0 Å². The van der Waals surface area contributed by atoms with Crippen LogP contribution in [0.25, 0.3) is 22.3 Å². The smallest absolute Gasteiger partial charge is 0.197 e. The summed E-state index contributed by atoms with van der Waals surface area (Å²) in [6, 6.07) is 7.16. The van der Waals surface area contributed by atoms with Gasteiger partial charge in [0.1, 0.15) is 58.7 Å². The number of hydrogen-bond donors (Lipinski definition) is 6. The molecule has 0 saturated carbocycles. The van der Waals surface area contributed by atoms with Crippen molar-refractivity contribution < 1.29 is 39.8 Å². The van der Waals surface area contributed by atoms with Crippen molar-refractivity contribution in [2.75, 3.05) is 6.61 Å². The summed E-state index contributed by atoms with van der Waals surface area (Å²) in [6.07, 6.45) is -7.18. The summed E-state index contributed by atoms with van der Waals surface area (Å²) in [4.78, 5) is 13.0. The third-order valence-corrected chi connectivity index (χ3v) is 6.08. The number of benzene rings is 2. The van der Waals surface area contributed by atoms with Crippen LogP contribution in [-0.4, -0.2) is 61.7 Å². The second-order valence-corrected chi connectivity index (χ2v) is 7.99. The van der Waals surface area contributed by atoms with Crippen molar-refractivity contribution in [3.63, 3.8) is 0 Å². The van der Waals surface area contributed by atoms with E-state index in [4.69, 9.17) is 9.15 Å². The Balaban J connectivity index is 2.01. The van der Waals surface area contributed by atoms with Crippen LogP contribution in [0.2, 0.25) is 0 Å². The molecule has 5 atom stereocenters. The lowest BCUT2D eigenvalue weighted by Crippen LogP contribution is -2.55. The number of phenols is 2. The Hall–Kier alpha value is -2.95. The first-order chi connectivity index (χ1) is 15.1. The van der Waals surface area contributed by atoms with Crippen molar-refractivity contribution in [3.05, 3.63) is 57.2 Å². The van der Waals surface area contributed by atoms with E-state index in [-0.39, 0.29) is 33.8 Å². The number of ether oxygens (including phenoxy) is 1. The third kappa shape index (κ3) is 3.44. The zero-order chi connectivity index (χ0) is 23.3. The summed E-state index contributed by atoms with van der Waals surface area (Å²) < 4.78 is 11.7. The highest BCUT2D eigenvalue weighted by molar-refractivity contribution is 5.90. The van der Waals surface area contributed by atoms with Crippen LogP contribution in [0, 0.1) is 13.8 Å². The molecular formula is C23H24O9. The SMILES string of the molecule is Cc1c(C)c(O)c2c(=O)cc(-c3ccc(O)cc3)oc2c1[C@H]1O[C@@H](CO)[C@@H](O)[C@@H](O)[C@@H]1O. The number of aliphatic hydroxyl groups is 4. The molecule has 3 aromatic rings. The average molecular weight is 444 g/mol. The Bertz CT molecular complexity index is 1210. The monoisotopic (exact) mass is 444 g/mol. The molecule has 0 amide bonds. The van der Waals surface area contributed by atoms with Gasteiger partial charge in [-0.1, -0.05) is 0 Å². The van der Waals surface area contributed by atoms with Crippen molar-refractivity contribution in [3.8, 4) is 22.8 Å². The first-order valence-corrected chi connectivity index (χ1v) is 10.1. The molecule has 2 aromatic carbocycles. The third-order valence-electron chi connectivity index (χ3n) is 6.08. The van der Waals surface area contributed by atoms with Gasteiger partial charge in [-0.2, -0.15) is 0 Å². The van der Waals surface area contributed by atoms with Gasteiger partial charge in [0.15, 0.2) is 5.43 Å². The predicted octanol–water partition coefficient (Wildman–Crippen LogP) is 1.00. The highest BCUT2D eigenvalue weighted by Gasteiger charge is 2.45. The van der Waals surface area contributed by atoms with Gasteiger partial charge in [-0.3, -0.25) is 4.79 Å². The molecule has 1 aliphatic heterocycles. The number of hydrogen-bond acceptors (Lipinski definition) is 9. The number of rotatable bonds is 3. The quantitative estimate of drug-likeness (QED) is 0.346. The van der Waals surface area contributed by atoms with E-state index in [1.54, 1.807) is 26.0 Å². The zero-order valence-corrected chi connectivity index (χ0v) is 17.4. The van der Waals surface area contributed by atoms with Gasteiger partial charge >= 0.3 is 0 Å². The lowest BCUT2D eigenvalue weighted by molar-refractivity contribution is -0.231. The van der Waals surface area contributed by atoms with E-state index in [1.165, 1.54) is 18.2 Å². The molecule has 4 rings (SSSR count). The molecule has 1 aliphatic rings. The molecule has 1 fully saturated rings. The largest absolute Gasteiger partial charge is 0.508 e. The Morgan fingerprint density at radius 3 is 2.22 bits per heavy atom. The second-order valence-electron chi connectivity index (χ2n) is 7.99. The molecule has 170 valence electrons. The molecule has 6 N–H and O–H groups in total. The minimum Gasteiger partial charge on any atom is -0.508 e. The number of aliphatic hydroxyl groups excluding tert-OH is 4. The van der Waals surface area contributed by atoms with Gasteiger partial charge in [0.25, 0.3) is 0 Å². The Morgan fingerprint density at radius 2 is 1.59 bits per heavy atom. The van der Waals surface area contributed by atoms with Crippen molar-refractivity contribution in [1.29, 1.82) is 0 Å². The predicted molar refractivity (Wildman–Crippen MR) is 113 cm³/mol. The summed E-state index contributed by atoms with van der Waals surface area (Å²) in [6.45, 7) is 2.61. The molecule has 9 heteroatoms. The van der Waals surface area contributed by atoms with Gasteiger partial charge in [-0.25, -0.2) is 0 Å². The van der Waals surface area contributed by atoms with Gasteiger partial charge < -0.3 is 39.8 Å². The molecule has 9 nitrogen and oxygen atoms in total.